The molecule has 162 valence electrons. The highest BCUT2D eigenvalue weighted by Gasteiger charge is 2.16. The zero-order valence-electron chi connectivity index (χ0n) is 17.9. The van der Waals surface area contributed by atoms with Crippen LogP contribution in [-0.2, 0) is 0 Å². The lowest BCUT2D eigenvalue weighted by Gasteiger charge is -2.07. The Morgan fingerprint density at radius 1 is 1.06 bits per heavy atom. The summed E-state index contributed by atoms with van der Waals surface area (Å²) >= 11 is 0. The first-order valence-electron chi connectivity index (χ1n) is 10.4. The Morgan fingerprint density at radius 3 is 2.61 bits per heavy atom. The Kier molecular flexibility index (Phi) is 5.06. The minimum Gasteiger partial charge on any atom is -0.397 e. The van der Waals surface area contributed by atoms with Crippen molar-refractivity contribution in [1.29, 1.82) is 0 Å². The SMILES string of the molecule is C=C/C=C(/c1ccc(F)cc1)c1cc(-c2[nH]nc3ncc(-c4cncc(N)c4)cc23)[nH]c1C. The number of fused-ring (bicyclic) bond motifs is 1. The molecule has 0 saturated heterocycles. The second-order valence-electron chi connectivity index (χ2n) is 7.75. The zero-order valence-corrected chi connectivity index (χ0v) is 17.9. The molecule has 0 saturated carbocycles. The van der Waals surface area contributed by atoms with Crippen LogP contribution in [0.2, 0.25) is 0 Å². The van der Waals surface area contributed by atoms with Gasteiger partial charge in [-0.05, 0) is 48.4 Å². The predicted octanol–water partition coefficient (Wildman–Crippen LogP) is 5.66. The largest absolute Gasteiger partial charge is 0.397 e. The standard InChI is InChI=1S/C26H21FN6/c1-3-4-21(16-5-7-19(27)8-6-16)22-11-24(31-15(22)2)25-23-10-18(13-30-26(23)33-32-25)17-9-20(28)14-29-12-17/h3-14,31H,1,28H2,2H3,(H,30,32,33)/b21-4-. The lowest BCUT2D eigenvalue weighted by Crippen LogP contribution is -1.89. The van der Waals surface area contributed by atoms with Gasteiger partial charge in [-0.25, -0.2) is 9.37 Å². The summed E-state index contributed by atoms with van der Waals surface area (Å²) in [6.07, 6.45) is 8.77. The van der Waals surface area contributed by atoms with Crippen molar-refractivity contribution in [2.45, 2.75) is 6.92 Å². The van der Waals surface area contributed by atoms with Crippen LogP contribution < -0.4 is 5.73 Å². The molecule has 0 aliphatic rings. The number of aromatic amines is 2. The molecule has 0 aliphatic heterocycles. The monoisotopic (exact) mass is 436 g/mol. The first kappa shape index (κ1) is 20.4. The number of halogens is 1. The summed E-state index contributed by atoms with van der Waals surface area (Å²) in [4.78, 5) is 12.1. The van der Waals surface area contributed by atoms with Gasteiger partial charge in [-0.3, -0.25) is 10.1 Å². The van der Waals surface area contributed by atoms with Gasteiger partial charge in [0.2, 0.25) is 0 Å². The highest BCUT2D eigenvalue weighted by Crippen LogP contribution is 2.34. The van der Waals surface area contributed by atoms with Crippen LogP contribution in [0.5, 0.6) is 0 Å². The number of aryl methyl sites for hydroxylation is 1. The fourth-order valence-electron chi connectivity index (χ4n) is 3.94. The highest BCUT2D eigenvalue weighted by atomic mass is 19.1. The number of allylic oxidation sites excluding steroid dienone is 2. The van der Waals surface area contributed by atoms with Crippen LogP contribution >= 0.6 is 0 Å². The van der Waals surface area contributed by atoms with E-state index < -0.39 is 0 Å². The van der Waals surface area contributed by atoms with Crippen molar-refractivity contribution in [3.8, 4) is 22.5 Å². The van der Waals surface area contributed by atoms with Gasteiger partial charge in [0, 0.05) is 46.4 Å². The third kappa shape index (κ3) is 3.80. The van der Waals surface area contributed by atoms with Crippen molar-refractivity contribution >= 4 is 22.3 Å². The van der Waals surface area contributed by atoms with Crippen LogP contribution in [0.25, 0.3) is 39.1 Å². The van der Waals surface area contributed by atoms with Gasteiger partial charge in [-0.1, -0.05) is 30.9 Å². The minimum atomic E-state index is -0.272. The number of H-pyrrole nitrogens is 2. The van der Waals surface area contributed by atoms with Gasteiger partial charge in [-0.2, -0.15) is 5.10 Å². The Hall–Kier alpha value is -4.52. The molecular weight excluding hydrogens is 415 g/mol. The third-order valence-corrected chi connectivity index (χ3v) is 5.52. The second kappa shape index (κ2) is 8.20. The first-order valence-corrected chi connectivity index (χ1v) is 10.4. The average molecular weight is 436 g/mol. The fraction of sp³-hybridized carbons (Fsp3) is 0.0385. The normalized spacial score (nSPS) is 11.8. The van der Waals surface area contributed by atoms with Gasteiger partial charge >= 0.3 is 0 Å². The van der Waals surface area contributed by atoms with E-state index >= 15 is 0 Å². The van der Waals surface area contributed by atoms with Crippen molar-refractivity contribution in [2.24, 2.45) is 0 Å². The summed E-state index contributed by atoms with van der Waals surface area (Å²) in [6, 6.07) is 12.4. The van der Waals surface area contributed by atoms with E-state index in [1.165, 1.54) is 12.1 Å². The number of nitrogens with two attached hydrogens (primary N) is 1. The molecule has 4 N–H and O–H groups in total. The molecule has 6 nitrogen and oxygen atoms in total. The van der Waals surface area contributed by atoms with Gasteiger partial charge in [0.25, 0.3) is 0 Å². The van der Waals surface area contributed by atoms with Crippen molar-refractivity contribution < 1.29 is 4.39 Å². The number of aromatic nitrogens is 5. The van der Waals surface area contributed by atoms with Gasteiger partial charge in [0.05, 0.1) is 17.1 Å². The molecule has 4 heterocycles. The number of anilines is 1. The molecule has 0 radical (unpaired) electrons. The van der Waals surface area contributed by atoms with Gasteiger partial charge < -0.3 is 10.7 Å². The summed E-state index contributed by atoms with van der Waals surface area (Å²) in [5, 5.41) is 8.35. The molecule has 5 rings (SSSR count). The molecule has 1 aromatic carbocycles. The number of pyridine rings is 2. The maximum Gasteiger partial charge on any atom is 0.181 e. The topological polar surface area (TPSA) is 96.3 Å². The van der Waals surface area contributed by atoms with Crippen LogP contribution in [0.4, 0.5) is 10.1 Å². The molecular formula is C26H21FN6. The Morgan fingerprint density at radius 2 is 1.85 bits per heavy atom. The van der Waals surface area contributed by atoms with Gasteiger partial charge in [0.1, 0.15) is 5.82 Å². The van der Waals surface area contributed by atoms with E-state index in [1.807, 2.05) is 25.1 Å². The molecule has 5 aromatic rings. The summed E-state index contributed by atoms with van der Waals surface area (Å²) in [7, 11) is 0. The predicted molar refractivity (Wildman–Crippen MR) is 130 cm³/mol. The van der Waals surface area contributed by atoms with E-state index in [0.717, 1.165) is 50.3 Å². The molecule has 0 aliphatic carbocycles. The summed E-state index contributed by atoms with van der Waals surface area (Å²) in [5.41, 5.74) is 14.4. The Balaban J connectivity index is 1.60. The Bertz CT molecular complexity index is 1510. The van der Waals surface area contributed by atoms with Crippen molar-refractivity contribution in [2.75, 3.05) is 5.73 Å². The minimum absolute atomic E-state index is 0.272. The number of hydrogen-bond donors (Lipinski definition) is 3. The van der Waals surface area contributed by atoms with E-state index in [9.17, 15) is 4.39 Å². The van der Waals surface area contributed by atoms with Crippen LogP contribution in [0.15, 0.2) is 79.8 Å². The van der Waals surface area contributed by atoms with E-state index in [-0.39, 0.29) is 5.82 Å². The zero-order chi connectivity index (χ0) is 22.9. The number of rotatable bonds is 5. The second-order valence-corrected chi connectivity index (χ2v) is 7.75. The fourth-order valence-corrected chi connectivity index (χ4v) is 3.94. The summed E-state index contributed by atoms with van der Waals surface area (Å²) in [5.74, 6) is -0.272. The van der Waals surface area contributed by atoms with Crippen LogP contribution in [0.1, 0.15) is 16.8 Å². The van der Waals surface area contributed by atoms with Gasteiger partial charge in [-0.15, -0.1) is 0 Å². The van der Waals surface area contributed by atoms with E-state index in [2.05, 4.69) is 37.8 Å². The lowest BCUT2D eigenvalue weighted by atomic mass is 9.97. The first-order chi connectivity index (χ1) is 16.0. The summed E-state index contributed by atoms with van der Waals surface area (Å²) < 4.78 is 13.5. The molecule has 33 heavy (non-hydrogen) atoms. The number of nitrogens with zero attached hydrogens (tertiary/aromatic N) is 3. The lowest BCUT2D eigenvalue weighted by molar-refractivity contribution is 0.627. The van der Waals surface area contributed by atoms with E-state index in [0.29, 0.717) is 11.3 Å². The Labute approximate surface area is 189 Å². The van der Waals surface area contributed by atoms with Crippen LogP contribution in [0.3, 0.4) is 0 Å². The van der Waals surface area contributed by atoms with Crippen LogP contribution in [-0.4, -0.2) is 25.1 Å². The molecule has 4 aromatic heterocycles. The molecule has 7 heteroatoms. The smallest absolute Gasteiger partial charge is 0.181 e. The maximum atomic E-state index is 13.5. The molecule has 0 spiro atoms. The number of nitrogen functional groups attached to an aromatic ring is 1. The van der Waals surface area contributed by atoms with Gasteiger partial charge in [0.15, 0.2) is 5.65 Å². The molecule has 0 amide bonds. The molecule has 0 atom stereocenters. The van der Waals surface area contributed by atoms with Crippen molar-refractivity contribution in [1.82, 2.24) is 25.1 Å². The van der Waals surface area contributed by atoms with Crippen LogP contribution in [0, 0.1) is 12.7 Å². The average Bonchev–Trinajstić information content (AvgIpc) is 3.41. The maximum absolute atomic E-state index is 13.5. The van der Waals surface area contributed by atoms with E-state index in [4.69, 9.17) is 5.73 Å². The number of nitrogens with one attached hydrogen (secondary N) is 2. The molecule has 0 fully saturated rings. The van der Waals surface area contributed by atoms with E-state index in [1.54, 1.807) is 36.8 Å². The number of benzene rings is 1. The highest BCUT2D eigenvalue weighted by molar-refractivity contribution is 5.94. The molecule has 0 unspecified atom stereocenters. The third-order valence-electron chi connectivity index (χ3n) is 5.52. The summed E-state index contributed by atoms with van der Waals surface area (Å²) in [6.45, 7) is 5.84. The quantitative estimate of drug-likeness (QED) is 0.310. The van der Waals surface area contributed by atoms with Crippen molar-refractivity contribution in [3.63, 3.8) is 0 Å². The molecule has 0 bridgehead atoms. The van der Waals surface area contributed by atoms with Crippen molar-refractivity contribution in [3.05, 3.63) is 102 Å². The number of hydrogen-bond acceptors (Lipinski definition) is 4.